The van der Waals surface area contributed by atoms with Crippen LogP contribution in [0, 0.1) is 5.82 Å². The first-order valence-corrected chi connectivity index (χ1v) is 11.1. The van der Waals surface area contributed by atoms with E-state index in [4.69, 9.17) is 4.42 Å². The maximum absolute atomic E-state index is 12.9. The van der Waals surface area contributed by atoms with Gasteiger partial charge in [0, 0.05) is 18.0 Å². The normalized spacial score (nSPS) is 10.5. The Morgan fingerprint density at radius 1 is 1.06 bits per heavy atom. The van der Waals surface area contributed by atoms with Gasteiger partial charge in [0.15, 0.2) is 10.9 Å². The van der Waals surface area contributed by atoms with Crippen LogP contribution in [-0.2, 0) is 20.9 Å². The Labute approximate surface area is 185 Å². The third-order valence-corrected chi connectivity index (χ3v) is 5.46. The lowest BCUT2D eigenvalue weighted by Crippen LogP contribution is -2.18. The lowest BCUT2D eigenvalue weighted by molar-refractivity contribution is -0.119. The summed E-state index contributed by atoms with van der Waals surface area (Å²) in [4.78, 5) is 39.3. The molecule has 0 atom stereocenters. The number of thiazole rings is 1. The molecule has 8 nitrogen and oxygen atoms in total. The summed E-state index contributed by atoms with van der Waals surface area (Å²) in [6.07, 6.45) is 0. The molecular formula is C20H19FN4O4S2. The zero-order valence-electron chi connectivity index (χ0n) is 16.4. The van der Waals surface area contributed by atoms with Gasteiger partial charge in [-0.2, -0.15) is 0 Å². The first-order chi connectivity index (χ1) is 14.9. The SMILES string of the molecule is CC(=O)NCc1ccc(-c2csc(NC(=O)CSCC(=O)Nc3ccc(F)cc3)n2)o1. The second kappa shape index (κ2) is 10.7. The molecule has 3 amide bonds. The van der Waals surface area contributed by atoms with Gasteiger partial charge in [0.05, 0.1) is 18.1 Å². The van der Waals surface area contributed by atoms with E-state index < -0.39 is 0 Å². The van der Waals surface area contributed by atoms with Gasteiger partial charge >= 0.3 is 0 Å². The molecule has 0 spiro atoms. The fraction of sp³-hybridized carbons (Fsp3) is 0.200. The molecule has 0 saturated carbocycles. The topological polar surface area (TPSA) is 113 Å². The lowest BCUT2D eigenvalue weighted by Gasteiger charge is -2.05. The van der Waals surface area contributed by atoms with Crippen molar-refractivity contribution in [3.05, 3.63) is 53.4 Å². The van der Waals surface area contributed by atoms with E-state index in [0.29, 0.717) is 28.0 Å². The first kappa shape index (κ1) is 22.5. The molecule has 0 aliphatic carbocycles. The molecule has 3 N–H and O–H groups in total. The predicted molar refractivity (Wildman–Crippen MR) is 118 cm³/mol. The van der Waals surface area contributed by atoms with Crippen LogP contribution in [0.5, 0.6) is 0 Å². The summed E-state index contributed by atoms with van der Waals surface area (Å²) < 4.78 is 18.5. The Balaban J connectivity index is 1.42. The number of hydrogen-bond acceptors (Lipinski definition) is 7. The summed E-state index contributed by atoms with van der Waals surface area (Å²) in [6.45, 7) is 1.71. The van der Waals surface area contributed by atoms with E-state index in [1.165, 1.54) is 42.5 Å². The highest BCUT2D eigenvalue weighted by atomic mass is 32.2. The van der Waals surface area contributed by atoms with Crippen LogP contribution in [-0.4, -0.2) is 34.2 Å². The third-order valence-electron chi connectivity index (χ3n) is 3.77. The average Bonchev–Trinajstić information content (AvgIpc) is 3.37. The van der Waals surface area contributed by atoms with Gasteiger partial charge in [-0.1, -0.05) is 0 Å². The number of halogens is 1. The van der Waals surface area contributed by atoms with Crippen molar-refractivity contribution in [3.63, 3.8) is 0 Å². The van der Waals surface area contributed by atoms with Crippen molar-refractivity contribution in [1.82, 2.24) is 10.3 Å². The maximum atomic E-state index is 12.9. The fourth-order valence-electron chi connectivity index (χ4n) is 2.39. The molecule has 31 heavy (non-hydrogen) atoms. The summed E-state index contributed by atoms with van der Waals surface area (Å²) in [6, 6.07) is 8.93. The number of nitrogens with zero attached hydrogens (tertiary/aromatic N) is 1. The zero-order chi connectivity index (χ0) is 22.2. The fourth-order valence-corrected chi connectivity index (χ4v) is 3.72. The van der Waals surface area contributed by atoms with Crippen molar-refractivity contribution in [2.24, 2.45) is 0 Å². The lowest BCUT2D eigenvalue weighted by atomic mass is 10.3. The third kappa shape index (κ3) is 7.23. The van der Waals surface area contributed by atoms with Crippen LogP contribution in [0.2, 0.25) is 0 Å². The monoisotopic (exact) mass is 462 g/mol. The minimum Gasteiger partial charge on any atom is -0.458 e. The Bertz CT molecular complexity index is 1070. The number of aromatic nitrogens is 1. The summed E-state index contributed by atoms with van der Waals surface area (Å²) in [5, 5.41) is 10.1. The summed E-state index contributed by atoms with van der Waals surface area (Å²) in [5.41, 5.74) is 1.06. The molecule has 0 aliphatic rings. The predicted octanol–water partition coefficient (Wildman–Crippen LogP) is 3.49. The molecule has 3 rings (SSSR count). The Kier molecular flexibility index (Phi) is 7.79. The molecule has 2 heterocycles. The minimum absolute atomic E-state index is 0.0768. The van der Waals surface area contributed by atoms with Crippen LogP contribution in [0.4, 0.5) is 15.2 Å². The number of hydrogen-bond donors (Lipinski definition) is 3. The number of amides is 3. The Morgan fingerprint density at radius 2 is 1.77 bits per heavy atom. The summed E-state index contributed by atoms with van der Waals surface area (Å²) >= 11 is 2.40. The van der Waals surface area contributed by atoms with Crippen molar-refractivity contribution in [1.29, 1.82) is 0 Å². The van der Waals surface area contributed by atoms with Crippen LogP contribution in [0.1, 0.15) is 12.7 Å². The Hall–Kier alpha value is -3.18. The summed E-state index contributed by atoms with van der Waals surface area (Å²) in [7, 11) is 0. The molecule has 11 heteroatoms. The quantitative estimate of drug-likeness (QED) is 0.449. The van der Waals surface area contributed by atoms with E-state index in [0.717, 1.165) is 11.8 Å². The van der Waals surface area contributed by atoms with Crippen molar-refractivity contribution in [2.75, 3.05) is 22.1 Å². The van der Waals surface area contributed by atoms with Gasteiger partial charge in [-0.3, -0.25) is 14.4 Å². The number of benzene rings is 1. The highest BCUT2D eigenvalue weighted by Crippen LogP contribution is 2.26. The molecule has 0 saturated heterocycles. The molecule has 3 aromatic rings. The van der Waals surface area contributed by atoms with Gasteiger partial charge < -0.3 is 20.4 Å². The van der Waals surface area contributed by atoms with E-state index in [9.17, 15) is 18.8 Å². The van der Waals surface area contributed by atoms with E-state index in [1.807, 2.05) is 0 Å². The number of furan rings is 1. The molecule has 0 unspecified atom stereocenters. The second-order valence-corrected chi connectivity index (χ2v) is 8.15. The van der Waals surface area contributed by atoms with Crippen LogP contribution < -0.4 is 16.0 Å². The number of carbonyl (C=O) groups excluding carboxylic acids is 3. The molecule has 0 fully saturated rings. The van der Waals surface area contributed by atoms with Gasteiger partial charge in [-0.05, 0) is 36.4 Å². The minimum atomic E-state index is -0.383. The number of anilines is 2. The van der Waals surface area contributed by atoms with Crippen LogP contribution in [0.3, 0.4) is 0 Å². The molecule has 162 valence electrons. The average molecular weight is 463 g/mol. The molecule has 1 aromatic carbocycles. The number of nitrogens with one attached hydrogen (secondary N) is 3. The molecule has 2 aromatic heterocycles. The number of rotatable bonds is 9. The second-order valence-electron chi connectivity index (χ2n) is 6.31. The number of carbonyl (C=O) groups is 3. The van der Waals surface area contributed by atoms with Gasteiger partial charge in [0.25, 0.3) is 0 Å². The molecule has 0 radical (unpaired) electrons. The van der Waals surface area contributed by atoms with Gasteiger partial charge in [0.2, 0.25) is 17.7 Å². The highest BCUT2D eigenvalue weighted by molar-refractivity contribution is 8.00. The molecule has 0 bridgehead atoms. The van der Waals surface area contributed by atoms with Gasteiger partial charge in [-0.15, -0.1) is 23.1 Å². The van der Waals surface area contributed by atoms with E-state index >= 15 is 0 Å². The van der Waals surface area contributed by atoms with Crippen LogP contribution in [0.25, 0.3) is 11.5 Å². The van der Waals surface area contributed by atoms with Crippen molar-refractivity contribution >= 4 is 51.6 Å². The van der Waals surface area contributed by atoms with Crippen molar-refractivity contribution < 1.29 is 23.2 Å². The molecular weight excluding hydrogens is 443 g/mol. The van der Waals surface area contributed by atoms with Gasteiger partial charge in [0.1, 0.15) is 17.3 Å². The standard InChI is InChI=1S/C20H19FN4O4S2/c1-12(26)22-8-15-6-7-17(29-15)16-9-31-20(24-16)25-19(28)11-30-10-18(27)23-14-4-2-13(21)3-5-14/h2-7,9H,8,10-11H2,1H3,(H,22,26)(H,23,27)(H,24,25,28). The van der Waals surface area contributed by atoms with E-state index in [-0.39, 0.29) is 41.6 Å². The van der Waals surface area contributed by atoms with Crippen LogP contribution in [0.15, 0.2) is 46.2 Å². The van der Waals surface area contributed by atoms with Crippen molar-refractivity contribution in [2.45, 2.75) is 13.5 Å². The zero-order valence-corrected chi connectivity index (χ0v) is 18.1. The van der Waals surface area contributed by atoms with Crippen LogP contribution >= 0.6 is 23.1 Å². The highest BCUT2D eigenvalue weighted by Gasteiger charge is 2.12. The first-order valence-electron chi connectivity index (χ1n) is 9.11. The van der Waals surface area contributed by atoms with E-state index in [2.05, 4.69) is 20.9 Å². The van der Waals surface area contributed by atoms with E-state index in [1.54, 1.807) is 17.5 Å². The smallest absolute Gasteiger partial charge is 0.236 e. The number of thioether (sulfide) groups is 1. The summed E-state index contributed by atoms with van der Waals surface area (Å²) in [5.74, 6) is 0.183. The largest absolute Gasteiger partial charge is 0.458 e. The van der Waals surface area contributed by atoms with Crippen molar-refractivity contribution in [3.8, 4) is 11.5 Å². The van der Waals surface area contributed by atoms with Gasteiger partial charge in [-0.25, -0.2) is 9.37 Å². The maximum Gasteiger partial charge on any atom is 0.236 e. The molecule has 0 aliphatic heterocycles. The Morgan fingerprint density at radius 3 is 2.48 bits per heavy atom.